The Morgan fingerprint density at radius 1 is 1.18 bits per heavy atom. The van der Waals surface area contributed by atoms with Crippen LogP contribution < -0.4 is 0 Å². The van der Waals surface area contributed by atoms with E-state index in [-0.39, 0.29) is 0 Å². The van der Waals surface area contributed by atoms with Crippen LogP contribution in [0.2, 0.25) is 0 Å². The summed E-state index contributed by atoms with van der Waals surface area (Å²) in [5, 5.41) is 9.43. The minimum absolute atomic E-state index is 0.433. The molecule has 1 heteroatoms. The second-order valence-corrected chi connectivity index (χ2v) is 2.93. The van der Waals surface area contributed by atoms with E-state index in [1.54, 1.807) is 0 Å². The average Bonchev–Trinajstić information content (AvgIpc) is 1.99. The van der Waals surface area contributed by atoms with E-state index >= 15 is 0 Å². The van der Waals surface area contributed by atoms with Gasteiger partial charge < -0.3 is 5.11 Å². The predicted molar refractivity (Wildman–Crippen MR) is 47.0 cm³/mol. The number of phenolic OH excluding ortho intramolecular Hbond substituents is 1. The van der Waals surface area contributed by atoms with Crippen molar-refractivity contribution in [1.29, 1.82) is 0 Å². The number of hydrogen-bond acceptors (Lipinski definition) is 1. The molecule has 0 aliphatic heterocycles. The second-order valence-electron chi connectivity index (χ2n) is 2.93. The average molecular weight is 150 g/mol. The molecule has 0 bridgehead atoms. The molecule has 1 N–H and O–H groups in total. The first-order valence-corrected chi connectivity index (χ1v) is 3.94. The summed E-state index contributed by atoms with van der Waals surface area (Å²) in [6.45, 7) is 5.98. The van der Waals surface area contributed by atoms with Crippen LogP contribution in [-0.4, -0.2) is 5.11 Å². The van der Waals surface area contributed by atoms with E-state index in [1.807, 2.05) is 26.0 Å². The Morgan fingerprint density at radius 3 is 2.00 bits per heavy atom. The number of aryl methyl sites for hydroxylation is 3. The fourth-order valence-electron chi connectivity index (χ4n) is 1.25. The number of hydrogen-bond donors (Lipinski definition) is 1. The molecule has 0 fully saturated rings. The van der Waals surface area contributed by atoms with Crippen molar-refractivity contribution in [2.45, 2.75) is 27.2 Å². The van der Waals surface area contributed by atoms with Gasteiger partial charge in [-0.05, 0) is 37.0 Å². The SMILES string of the molecule is CCc1cc(C)c(O)c(C)c1. The Morgan fingerprint density at radius 2 is 1.64 bits per heavy atom. The molecule has 1 aromatic rings. The molecule has 0 radical (unpaired) electrons. The van der Waals surface area contributed by atoms with Crippen molar-refractivity contribution in [3.8, 4) is 5.75 Å². The number of phenols is 1. The molecule has 1 rings (SSSR count). The van der Waals surface area contributed by atoms with Gasteiger partial charge in [0.05, 0.1) is 0 Å². The standard InChI is InChI=1S/C10H14O/c1-4-9-5-7(2)10(11)8(3)6-9/h5-6,11H,4H2,1-3H3. The zero-order valence-electron chi connectivity index (χ0n) is 7.31. The Hall–Kier alpha value is -0.980. The third-order valence-electron chi connectivity index (χ3n) is 1.96. The maximum Gasteiger partial charge on any atom is 0.121 e. The van der Waals surface area contributed by atoms with E-state index in [4.69, 9.17) is 0 Å². The Bertz CT molecular complexity index is 241. The highest BCUT2D eigenvalue weighted by Crippen LogP contribution is 2.22. The molecule has 0 aromatic heterocycles. The first-order valence-electron chi connectivity index (χ1n) is 3.94. The smallest absolute Gasteiger partial charge is 0.121 e. The highest BCUT2D eigenvalue weighted by molar-refractivity contribution is 5.41. The summed E-state index contributed by atoms with van der Waals surface area (Å²) < 4.78 is 0. The molecule has 60 valence electrons. The van der Waals surface area contributed by atoms with Crippen LogP contribution in [0.25, 0.3) is 0 Å². The molecular weight excluding hydrogens is 136 g/mol. The van der Waals surface area contributed by atoms with E-state index in [0.29, 0.717) is 5.75 Å². The second kappa shape index (κ2) is 2.95. The zero-order valence-corrected chi connectivity index (χ0v) is 7.31. The summed E-state index contributed by atoms with van der Waals surface area (Å²) in [6, 6.07) is 4.06. The summed E-state index contributed by atoms with van der Waals surface area (Å²) in [5.74, 6) is 0.433. The molecular formula is C10H14O. The van der Waals surface area contributed by atoms with Gasteiger partial charge in [-0.15, -0.1) is 0 Å². The van der Waals surface area contributed by atoms with Gasteiger partial charge in [0, 0.05) is 0 Å². The van der Waals surface area contributed by atoms with Gasteiger partial charge in [0.25, 0.3) is 0 Å². The fourth-order valence-corrected chi connectivity index (χ4v) is 1.25. The highest BCUT2D eigenvalue weighted by atomic mass is 16.3. The topological polar surface area (TPSA) is 20.2 Å². The van der Waals surface area contributed by atoms with Gasteiger partial charge in [-0.3, -0.25) is 0 Å². The molecule has 0 amide bonds. The van der Waals surface area contributed by atoms with Gasteiger partial charge in [0.15, 0.2) is 0 Å². The molecule has 0 aliphatic carbocycles. The van der Waals surface area contributed by atoms with Crippen molar-refractivity contribution in [1.82, 2.24) is 0 Å². The molecule has 0 aliphatic rings. The van der Waals surface area contributed by atoms with Gasteiger partial charge >= 0.3 is 0 Å². The molecule has 0 spiro atoms. The molecule has 0 heterocycles. The van der Waals surface area contributed by atoms with Gasteiger partial charge in [-0.2, -0.15) is 0 Å². The Labute approximate surface area is 67.7 Å². The van der Waals surface area contributed by atoms with Crippen molar-refractivity contribution in [3.05, 3.63) is 28.8 Å². The molecule has 0 unspecified atom stereocenters. The predicted octanol–water partition coefficient (Wildman–Crippen LogP) is 2.57. The zero-order chi connectivity index (χ0) is 8.43. The lowest BCUT2D eigenvalue weighted by Crippen LogP contribution is -1.85. The Balaban J connectivity index is 3.21. The highest BCUT2D eigenvalue weighted by Gasteiger charge is 2.00. The van der Waals surface area contributed by atoms with Crippen molar-refractivity contribution in [2.75, 3.05) is 0 Å². The van der Waals surface area contributed by atoms with Crippen LogP contribution in [0.4, 0.5) is 0 Å². The largest absolute Gasteiger partial charge is 0.507 e. The minimum Gasteiger partial charge on any atom is -0.507 e. The minimum atomic E-state index is 0.433. The van der Waals surface area contributed by atoms with Crippen molar-refractivity contribution >= 4 is 0 Å². The first kappa shape index (κ1) is 8.12. The maximum atomic E-state index is 9.43. The number of rotatable bonds is 1. The number of aromatic hydroxyl groups is 1. The van der Waals surface area contributed by atoms with E-state index < -0.39 is 0 Å². The lowest BCUT2D eigenvalue weighted by Gasteiger charge is -2.05. The monoisotopic (exact) mass is 150 g/mol. The first-order chi connectivity index (χ1) is 5.15. The Kier molecular flexibility index (Phi) is 2.18. The summed E-state index contributed by atoms with van der Waals surface area (Å²) in [5.41, 5.74) is 3.24. The van der Waals surface area contributed by atoms with E-state index in [1.165, 1.54) is 5.56 Å². The summed E-state index contributed by atoms with van der Waals surface area (Å²) >= 11 is 0. The van der Waals surface area contributed by atoms with Crippen LogP contribution >= 0.6 is 0 Å². The summed E-state index contributed by atoms with van der Waals surface area (Å²) in [7, 11) is 0. The molecule has 0 saturated carbocycles. The fraction of sp³-hybridized carbons (Fsp3) is 0.400. The van der Waals surface area contributed by atoms with Crippen LogP contribution in [0.15, 0.2) is 12.1 Å². The van der Waals surface area contributed by atoms with Crippen LogP contribution in [0.3, 0.4) is 0 Å². The molecule has 0 saturated heterocycles. The lowest BCUT2D eigenvalue weighted by atomic mass is 10.0. The van der Waals surface area contributed by atoms with Gasteiger partial charge in [0.2, 0.25) is 0 Å². The van der Waals surface area contributed by atoms with Crippen molar-refractivity contribution < 1.29 is 5.11 Å². The van der Waals surface area contributed by atoms with Crippen molar-refractivity contribution in [2.24, 2.45) is 0 Å². The summed E-state index contributed by atoms with van der Waals surface area (Å²) in [4.78, 5) is 0. The number of benzene rings is 1. The van der Waals surface area contributed by atoms with E-state index in [2.05, 4.69) is 6.92 Å². The van der Waals surface area contributed by atoms with Crippen LogP contribution in [0, 0.1) is 13.8 Å². The van der Waals surface area contributed by atoms with Crippen LogP contribution in [0.1, 0.15) is 23.6 Å². The third kappa shape index (κ3) is 1.53. The van der Waals surface area contributed by atoms with Crippen LogP contribution in [0.5, 0.6) is 5.75 Å². The molecule has 0 atom stereocenters. The molecule has 1 aromatic carbocycles. The van der Waals surface area contributed by atoms with E-state index in [9.17, 15) is 5.11 Å². The normalized spacial score (nSPS) is 10.1. The van der Waals surface area contributed by atoms with Gasteiger partial charge in [-0.25, -0.2) is 0 Å². The van der Waals surface area contributed by atoms with Gasteiger partial charge in [0.1, 0.15) is 5.75 Å². The van der Waals surface area contributed by atoms with Gasteiger partial charge in [-0.1, -0.05) is 19.1 Å². The van der Waals surface area contributed by atoms with Crippen LogP contribution in [-0.2, 0) is 6.42 Å². The third-order valence-corrected chi connectivity index (χ3v) is 1.96. The molecule has 11 heavy (non-hydrogen) atoms. The quantitative estimate of drug-likeness (QED) is 0.652. The summed E-state index contributed by atoms with van der Waals surface area (Å²) in [6.07, 6.45) is 1.03. The maximum absolute atomic E-state index is 9.43. The molecule has 1 nitrogen and oxygen atoms in total. The van der Waals surface area contributed by atoms with Crippen molar-refractivity contribution in [3.63, 3.8) is 0 Å². The van der Waals surface area contributed by atoms with E-state index in [0.717, 1.165) is 17.5 Å². The lowest BCUT2D eigenvalue weighted by molar-refractivity contribution is 0.466.